The zero-order valence-electron chi connectivity index (χ0n) is 12.0. The number of hydrogen-bond acceptors (Lipinski definition) is 4. The summed E-state index contributed by atoms with van der Waals surface area (Å²) in [5, 5.41) is 6.44. The van der Waals surface area contributed by atoms with Crippen molar-refractivity contribution in [3.63, 3.8) is 0 Å². The van der Waals surface area contributed by atoms with Gasteiger partial charge < -0.3 is 16.0 Å². The van der Waals surface area contributed by atoms with Crippen molar-refractivity contribution in [3.8, 4) is 0 Å². The normalized spacial score (nSPS) is 17.5. The molecule has 0 spiro atoms. The minimum atomic E-state index is -0.209. The lowest BCUT2D eigenvalue weighted by atomic mass is 10.1. The minimum absolute atomic E-state index is 0.0384. The largest absolute Gasteiger partial charge is 0.337 e. The van der Waals surface area contributed by atoms with Gasteiger partial charge in [-0.2, -0.15) is 11.3 Å². The van der Waals surface area contributed by atoms with E-state index in [1.54, 1.807) is 40.6 Å². The number of carbonyl (C=O) groups excluding carboxylic acids is 2. The number of nitrogens with one attached hydrogen (secondary N) is 1. The van der Waals surface area contributed by atoms with Crippen molar-refractivity contribution in [2.45, 2.75) is 12.5 Å². The van der Waals surface area contributed by atoms with Crippen LogP contribution >= 0.6 is 11.3 Å². The average Bonchev–Trinajstić information content (AvgIpc) is 3.18. The van der Waals surface area contributed by atoms with Crippen LogP contribution in [0.2, 0.25) is 0 Å². The molecule has 22 heavy (non-hydrogen) atoms. The summed E-state index contributed by atoms with van der Waals surface area (Å²) in [5.41, 5.74) is 7.49. The molecule has 0 saturated carbocycles. The second-order valence-corrected chi connectivity index (χ2v) is 6.09. The van der Waals surface area contributed by atoms with Gasteiger partial charge in [-0.1, -0.05) is 12.1 Å². The second kappa shape index (κ2) is 6.29. The number of benzene rings is 1. The van der Waals surface area contributed by atoms with Crippen LogP contribution in [0.25, 0.3) is 0 Å². The highest BCUT2D eigenvalue weighted by Gasteiger charge is 2.26. The van der Waals surface area contributed by atoms with Gasteiger partial charge >= 0.3 is 0 Å². The van der Waals surface area contributed by atoms with E-state index in [1.165, 1.54) is 11.3 Å². The number of rotatable bonds is 3. The molecular weight excluding hydrogens is 298 g/mol. The standard InChI is InChI=1S/C16H17N3O2S/c17-12-5-7-19(9-12)16(21)13-3-1-2-4-14(13)18-15(20)11-6-8-22-10-11/h1-4,6,8,10,12H,5,7,9,17H2,(H,18,20)/t12-/m1/s1. The zero-order valence-corrected chi connectivity index (χ0v) is 12.8. The molecule has 3 N–H and O–H groups in total. The molecule has 1 aromatic heterocycles. The minimum Gasteiger partial charge on any atom is -0.337 e. The number of thiophene rings is 1. The van der Waals surface area contributed by atoms with Crippen molar-refractivity contribution in [1.82, 2.24) is 4.90 Å². The Morgan fingerprint density at radius 1 is 1.27 bits per heavy atom. The van der Waals surface area contributed by atoms with Crippen molar-refractivity contribution in [3.05, 3.63) is 52.2 Å². The molecule has 1 atom stereocenters. The van der Waals surface area contributed by atoms with Crippen molar-refractivity contribution < 1.29 is 9.59 Å². The lowest BCUT2D eigenvalue weighted by Gasteiger charge is -2.18. The zero-order chi connectivity index (χ0) is 15.5. The van der Waals surface area contributed by atoms with Gasteiger partial charge in [-0.05, 0) is 30.0 Å². The van der Waals surface area contributed by atoms with E-state index in [9.17, 15) is 9.59 Å². The molecule has 1 aromatic carbocycles. The Hall–Kier alpha value is -2.18. The predicted molar refractivity (Wildman–Crippen MR) is 87.2 cm³/mol. The Balaban J connectivity index is 1.81. The van der Waals surface area contributed by atoms with E-state index in [0.717, 1.165) is 6.42 Å². The second-order valence-electron chi connectivity index (χ2n) is 5.31. The van der Waals surface area contributed by atoms with E-state index in [2.05, 4.69) is 5.32 Å². The summed E-state index contributed by atoms with van der Waals surface area (Å²) < 4.78 is 0. The summed E-state index contributed by atoms with van der Waals surface area (Å²) in [6.45, 7) is 1.22. The Labute approximate surface area is 132 Å². The number of anilines is 1. The number of amides is 2. The van der Waals surface area contributed by atoms with Crippen LogP contribution in [0.1, 0.15) is 27.1 Å². The summed E-state index contributed by atoms with van der Waals surface area (Å²) in [7, 11) is 0. The number of para-hydroxylation sites is 1. The number of carbonyl (C=O) groups is 2. The maximum absolute atomic E-state index is 12.6. The molecule has 1 aliphatic heterocycles. The van der Waals surface area contributed by atoms with Crippen LogP contribution in [-0.2, 0) is 0 Å². The van der Waals surface area contributed by atoms with Crippen LogP contribution in [0.3, 0.4) is 0 Å². The smallest absolute Gasteiger partial charge is 0.256 e. The number of likely N-dealkylation sites (tertiary alicyclic amines) is 1. The Morgan fingerprint density at radius 3 is 2.77 bits per heavy atom. The first-order valence-electron chi connectivity index (χ1n) is 7.12. The molecule has 3 rings (SSSR count). The topological polar surface area (TPSA) is 75.4 Å². The van der Waals surface area contributed by atoms with Gasteiger partial charge in [-0.25, -0.2) is 0 Å². The molecule has 1 aliphatic rings. The highest BCUT2D eigenvalue weighted by molar-refractivity contribution is 7.08. The number of hydrogen-bond donors (Lipinski definition) is 2. The molecule has 1 fully saturated rings. The van der Waals surface area contributed by atoms with Gasteiger partial charge in [0.1, 0.15) is 0 Å². The van der Waals surface area contributed by atoms with Crippen LogP contribution in [-0.4, -0.2) is 35.8 Å². The van der Waals surface area contributed by atoms with Gasteiger partial charge in [0, 0.05) is 24.5 Å². The van der Waals surface area contributed by atoms with Crippen LogP contribution in [0.15, 0.2) is 41.1 Å². The van der Waals surface area contributed by atoms with Gasteiger partial charge in [-0.3, -0.25) is 9.59 Å². The third kappa shape index (κ3) is 3.03. The number of nitrogens with zero attached hydrogens (tertiary/aromatic N) is 1. The fraction of sp³-hybridized carbons (Fsp3) is 0.250. The molecule has 2 heterocycles. The van der Waals surface area contributed by atoms with Crippen molar-refractivity contribution in [2.75, 3.05) is 18.4 Å². The third-order valence-electron chi connectivity index (χ3n) is 3.70. The molecule has 6 heteroatoms. The molecular formula is C16H17N3O2S. The fourth-order valence-electron chi connectivity index (χ4n) is 2.51. The molecule has 2 aromatic rings. The molecule has 114 valence electrons. The summed E-state index contributed by atoms with van der Waals surface area (Å²) in [4.78, 5) is 26.5. The maximum Gasteiger partial charge on any atom is 0.256 e. The molecule has 1 saturated heterocycles. The molecule has 2 amide bonds. The summed E-state index contributed by atoms with van der Waals surface area (Å²) in [5.74, 6) is -0.297. The van der Waals surface area contributed by atoms with Gasteiger partial charge in [0.2, 0.25) is 0 Å². The summed E-state index contributed by atoms with van der Waals surface area (Å²) >= 11 is 1.46. The molecule has 0 unspecified atom stereocenters. The van der Waals surface area contributed by atoms with Crippen molar-refractivity contribution in [1.29, 1.82) is 0 Å². The predicted octanol–water partition coefficient (Wildman–Crippen LogP) is 2.17. The van der Waals surface area contributed by atoms with Crippen LogP contribution in [0.4, 0.5) is 5.69 Å². The fourth-order valence-corrected chi connectivity index (χ4v) is 3.14. The molecule has 0 aliphatic carbocycles. The highest BCUT2D eigenvalue weighted by Crippen LogP contribution is 2.21. The first-order chi connectivity index (χ1) is 10.6. The van der Waals surface area contributed by atoms with E-state index in [-0.39, 0.29) is 17.9 Å². The maximum atomic E-state index is 12.6. The van der Waals surface area contributed by atoms with Crippen LogP contribution in [0, 0.1) is 0 Å². The molecule has 0 radical (unpaired) electrons. The molecule has 5 nitrogen and oxygen atoms in total. The van der Waals surface area contributed by atoms with E-state index in [0.29, 0.717) is 29.9 Å². The van der Waals surface area contributed by atoms with Crippen LogP contribution in [0.5, 0.6) is 0 Å². The van der Waals surface area contributed by atoms with Crippen LogP contribution < -0.4 is 11.1 Å². The Kier molecular flexibility index (Phi) is 4.22. The Bertz CT molecular complexity index is 684. The van der Waals surface area contributed by atoms with E-state index in [1.807, 2.05) is 5.38 Å². The monoisotopic (exact) mass is 315 g/mol. The third-order valence-corrected chi connectivity index (χ3v) is 4.38. The van der Waals surface area contributed by atoms with Gasteiger partial charge in [-0.15, -0.1) is 0 Å². The average molecular weight is 315 g/mol. The van der Waals surface area contributed by atoms with Gasteiger partial charge in [0.15, 0.2) is 0 Å². The van der Waals surface area contributed by atoms with Crippen molar-refractivity contribution >= 4 is 28.8 Å². The van der Waals surface area contributed by atoms with Gasteiger partial charge in [0.25, 0.3) is 11.8 Å². The van der Waals surface area contributed by atoms with E-state index >= 15 is 0 Å². The quantitative estimate of drug-likeness (QED) is 0.911. The number of nitrogens with two attached hydrogens (primary N) is 1. The molecule has 0 bridgehead atoms. The summed E-state index contributed by atoms with van der Waals surface area (Å²) in [6.07, 6.45) is 0.815. The van der Waals surface area contributed by atoms with Crippen molar-refractivity contribution in [2.24, 2.45) is 5.73 Å². The van der Waals surface area contributed by atoms with E-state index < -0.39 is 0 Å². The lowest BCUT2D eigenvalue weighted by molar-refractivity contribution is 0.0792. The lowest BCUT2D eigenvalue weighted by Crippen LogP contribution is -2.32. The van der Waals surface area contributed by atoms with E-state index in [4.69, 9.17) is 5.73 Å². The first-order valence-corrected chi connectivity index (χ1v) is 8.07. The van der Waals surface area contributed by atoms with Gasteiger partial charge in [0.05, 0.1) is 16.8 Å². The summed E-state index contributed by atoms with van der Waals surface area (Å²) in [6, 6.07) is 8.86. The Morgan fingerprint density at radius 2 is 2.09 bits per heavy atom. The first kappa shape index (κ1) is 14.7. The highest BCUT2D eigenvalue weighted by atomic mass is 32.1. The SMILES string of the molecule is N[C@@H]1CCN(C(=O)c2ccccc2NC(=O)c2ccsc2)C1.